The van der Waals surface area contributed by atoms with Gasteiger partial charge in [-0.25, -0.2) is 0 Å². The summed E-state index contributed by atoms with van der Waals surface area (Å²) in [6.45, 7) is 9.60. The van der Waals surface area contributed by atoms with E-state index < -0.39 is 0 Å². The fourth-order valence-corrected chi connectivity index (χ4v) is 0.533. The second-order valence-electron chi connectivity index (χ2n) is 1.72. The number of allylic oxidation sites excluding steroid dienone is 1. The van der Waals surface area contributed by atoms with E-state index in [0.717, 1.165) is 5.70 Å². The Morgan fingerprint density at radius 2 is 1.90 bits per heavy atom. The lowest BCUT2D eigenvalue weighted by molar-refractivity contribution is -0.122. The Hall–Kier alpha value is -1.31. The van der Waals surface area contributed by atoms with Gasteiger partial charge in [0.25, 0.3) is 5.91 Å². The number of likely N-dealkylation sites (N-methyl/N-ethyl adjacent to an activating group) is 1. The molecule has 0 saturated carbocycles. The standard InChI is InChI=1S/C6H7NO.C2H4/c1-5-3-4-6(8)7(5)2;1-2/h3-4H,1H2,2H3;1-2H2. The van der Waals surface area contributed by atoms with Crippen molar-refractivity contribution in [2.45, 2.75) is 0 Å². The van der Waals surface area contributed by atoms with Gasteiger partial charge in [0.15, 0.2) is 0 Å². The van der Waals surface area contributed by atoms with Crippen LogP contribution in [0.3, 0.4) is 0 Å². The fraction of sp³-hybridized carbons (Fsp3) is 0.125. The predicted molar refractivity (Wildman–Crippen MR) is 42.3 cm³/mol. The number of nitrogens with zero attached hydrogens (tertiary/aromatic N) is 1. The number of hydrogen-bond donors (Lipinski definition) is 0. The Morgan fingerprint density at radius 1 is 1.40 bits per heavy atom. The van der Waals surface area contributed by atoms with E-state index in [0.29, 0.717) is 0 Å². The van der Waals surface area contributed by atoms with Crippen molar-refractivity contribution < 1.29 is 4.79 Å². The number of hydrogen-bond acceptors (Lipinski definition) is 1. The molecule has 0 N–H and O–H groups in total. The first-order valence-corrected chi connectivity index (χ1v) is 2.86. The molecular formula is C8H11NO. The zero-order chi connectivity index (χ0) is 8.15. The van der Waals surface area contributed by atoms with Crippen molar-refractivity contribution in [1.29, 1.82) is 0 Å². The van der Waals surface area contributed by atoms with Crippen molar-refractivity contribution in [2.24, 2.45) is 0 Å². The van der Waals surface area contributed by atoms with Crippen LogP contribution in [-0.2, 0) is 4.79 Å². The Bertz CT molecular complexity index is 164. The maximum Gasteiger partial charge on any atom is 0.250 e. The van der Waals surface area contributed by atoms with E-state index in [1.807, 2.05) is 0 Å². The van der Waals surface area contributed by atoms with Gasteiger partial charge >= 0.3 is 0 Å². The van der Waals surface area contributed by atoms with E-state index in [1.54, 1.807) is 13.1 Å². The first kappa shape index (κ1) is 8.69. The molecular weight excluding hydrogens is 126 g/mol. The molecule has 0 aromatic heterocycles. The molecule has 0 aliphatic carbocycles. The highest BCUT2D eigenvalue weighted by Crippen LogP contribution is 2.07. The Balaban J connectivity index is 0.000000371. The molecule has 54 valence electrons. The second kappa shape index (κ2) is 3.67. The molecule has 1 aliphatic heterocycles. The van der Waals surface area contributed by atoms with Crippen LogP contribution in [0.1, 0.15) is 0 Å². The van der Waals surface area contributed by atoms with Crippen LogP contribution in [0.15, 0.2) is 37.6 Å². The molecule has 1 rings (SSSR count). The average Bonchev–Trinajstić information content (AvgIpc) is 2.25. The van der Waals surface area contributed by atoms with Gasteiger partial charge in [0.2, 0.25) is 0 Å². The van der Waals surface area contributed by atoms with Gasteiger partial charge in [-0.15, -0.1) is 13.2 Å². The fourth-order valence-electron chi connectivity index (χ4n) is 0.533. The summed E-state index contributed by atoms with van der Waals surface area (Å²) in [4.78, 5) is 12.1. The Labute approximate surface area is 61.1 Å². The second-order valence-corrected chi connectivity index (χ2v) is 1.72. The summed E-state index contributed by atoms with van der Waals surface area (Å²) >= 11 is 0. The molecule has 0 aromatic carbocycles. The van der Waals surface area contributed by atoms with Crippen molar-refractivity contribution >= 4 is 5.91 Å². The lowest BCUT2D eigenvalue weighted by Gasteiger charge is -2.06. The van der Waals surface area contributed by atoms with E-state index in [1.165, 1.54) is 11.0 Å². The van der Waals surface area contributed by atoms with Gasteiger partial charge in [-0.2, -0.15) is 0 Å². The van der Waals surface area contributed by atoms with Crippen molar-refractivity contribution in [3.05, 3.63) is 37.6 Å². The van der Waals surface area contributed by atoms with Crippen LogP contribution in [0.4, 0.5) is 0 Å². The first-order chi connectivity index (χ1) is 4.72. The summed E-state index contributed by atoms with van der Waals surface area (Å²) in [6.07, 6.45) is 3.20. The van der Waals surface area contributed by atoms with Crippen molar-refractivity contribution in [3.8, 4) is 0 Å². The van der Waals surface area contributed by atoms with Crippen molar-refractivity contribution in [3.63, 3.8) is 0 Å². The highest BCUT2D eigenvalue weighted by molar-refractivity contribution is 5.92. The molecule has 1 aliphatic rings. The SMILES string of the molecule is C=C.C=C1C=CC(=O)N1C. The molecule has 2 nitrogen and oxygen atoms in total. The predicted octanol–water partition coefficient (Wildman–Crippen LogP) is 1.33. The van der Waals surface area contributed by atoms with Gasteiger partial charge in [0, 0.05) is 18.8 Å². The maximum atomic E-state index is 10.6. The molecule has 0 aromatic rings. The van der Waals surface area contributed by atoms with Crippen molar-refractivity contribution in [2.75, 3.05) is 7.05 Å². The molecule has 0 bridgehead atoms. The zero-order valence-electron chi connectivity index (χ0n) is 6.13. The van der Waals surface area contributed by atoms with Gasteiger partial charge in [-0.3, -0.25) is 4.79 Å². The molecule has 1 heterocycles. The minimum absolute atomic E-state index is 0.00926. The minimum atomic E-state index is 0.00926. The summed E-state index contributed by atoms with van der Waals surface area (Å²) < 4.78 is 0. The number of carbonyl (C=O) groups is 1. The minimum Gasteiger partial charge on any atom is -0.313 e. The van der Waals surface area contributed by atoms with Gasteiger partial charge in [-0.05, 0) is 6.08 Å². The van der Waals surface area contributed by atoms with Crippen LogP contribution in [0, 0.1) is 0 Å². The molecule has 0 spiro atoms. The summed E-state index contributed by atoms with van der Waals surface area (Å²) in [7, 11) is 1.70. The topological polar surface area (TPSA) is 20.3 Å². The summed E-state index contributed by atoms with van der Waals surface area (Å²) in [5.41, 5.74) is 0.759. The van der Waals surface area contributed by atoms with Crippen LogP contribution in [0.25, 0.3) is 0 Å². The van der Waals surface area contributed by atoms with Crippen molar-refractivity contribution in [1.82, 2.24) is 4.90 Å². The smallest absolute Gasteiger partial charge is 0.250 e. The summed E-state index contributed by atoms with van der Waals surface area (Å²) in [6, 6.07) is 0. The van der Waals surface area contributed by atoms with E-state index in [2.05, 4.69) is 19.7 Å². The molecule has 0 radical (unpaired) electrons. The van der Waals surface area contributed by atoms with Gasteiger partial charge < -0.3 is 4.90 Å². The zero-order valence-corrected chi connectivity index (χ0v) is 6.13. The van der Waals surface area contributed by atoms with Crippen LogP contribution < -0.4 is 0 Å². The number of rotatable bonds is 0. The third-order valence-electron chi connectivity index (χ3n) is 1.18. The molecule has 0 saturated heterocycles. The van der Waals surface area contributed by atoms with Crippen LogP contribution in [0.2, 0.25) is 0 Å². The Kier molecular flexibility index (Phi) is 3.19. The molecule has 0 unspecified atom stereocenters. The highest BCUT2D eigenvalue weighted by atomic mass is 16.2. The lowest BCUT2D eigenvalue weighted by atomic mass is 10.5. The molecule has 0 atom stereocenters. The average molecular weight is 137 g/mol. The molecule has 1 amide bonds. The van der Waals surface area contributed by atoms with Crippen LogP contribution >= 0.6 is 0 Å². The first-order valence-electron chi connectivity index (χ1n) is 2.86. The normalized spacial score (nSPS) is 15.1. The Morgan fingerprint density at radius 3 is 2.00 bits per heavy atom. The van der Waals surface area contributed by atoms with E-state index in [9.17, 15) is 4.79 Å². The quantitative estimate of drug-likeness (QED) is 0.461. The van der Waals surface area contributed by atoms with Gasteiger partial charge in [0.05, 0.1) is 0 Å². The monoisotopic (exact) mass is 137 g/mol. The van der Waals surface area contributed by atoms with Gasteiger partial charge in [0.1, 0.15) is 0 Å². The molecule has 10 heavy (non-hydrogen) atoms. The van der Waals surface area contributed by atoms with Gasteiger partial charge in [-0.1, -0.05) is 6.58 Å². The van der Waals surface area contributed by atoms with E-state index in [4.69, 9.17) is 0 Å². The van der Waals surface area contributed by atoms with E-state index >= 15 is 0 Å². The molecule has 0 fully saturated rings. The lowest BCUT2D eigenvalue weighted by Crippen LogP contribution is -2.16. The number of carbonyl (C=O) groups excluding carboxylic acids is 1. The largest absolute Gasteiger partial charge is 0.313 e. The van der Waals surface area contributed by atoms with Crippen LogP contribution in [-0.4, -0.2) is 17.9 Å². The summed E-state index contributed by atoms with van der Waals surface area (Å²) in [5.74, 6) is 0.00926. The highest BCUT2D eigenvalue weighted by Gasteiger charge is 2.11. The maximum absolute atomic E-state index is 10.6. The molecule has 2 heteroatoms. The van der Waals surface area contributed by atoms with E-state index in [-0.39, 0.29) is 5.91 Å². The third kappa shape index (κ3) is 1.58. The van der Waals surface area contributed by atoms with Crippen LogP contribution in [0.5, 0.6) is 0 Å². The third-order valence-corrected chi connectivity index (χ3v) is 1.18. The summed E-state index contributed by atoms with van der Waals surface area (Å²) in [5, 5.41) is 0. The number of amides is 1.